The molecule has 0 bridgehead atoms. The van der Waals surface area contributed by atoms with E-state index in [1.165, 1.54) is 64.0 Å². The molecule has 1 aromatic carbocycles. The molecule has 3 fully saturated rings. The maximum atomic E-state index is 14.4. The highest BCUT2D eigenvalue weighted by Crippen LogP contribution is 2.40. The maximum absolute atomic E-state index is 14.4. The second kappa shape index (κ2) is 21.3. The van der Waals surface area contributed by atoms with E-state index in [0.717, 1.165) is 0 Å². The van der Waals surface area contributed by atoms with Crippen LogP contribution in [0.25, 0.3) is 0 Å². The van der Waals surface area contributed by atoms with Gasteiger partial charge in [-0.25, -0.2) is 13.2 Å². The van der Waals surface area contributed by atoms with Crippen LogP contribution in [0.5, 0.6) is 0 Å². The number of amides is 2. The van der Waals surface area contributed by atoms with E-state index < -0.39 is 123 Å². The molecule has 0 unspecified atom stereocenters. The monoisotopic (exact) mass is 953 g/mol. The van der Waals surface area contributed by atoms with Gasteiger partial charge in [0, 0.05) is 48.4 Å². The first-order valence-electron chi connectivity index (χ1n) is 21.8. The molecule has 1 aromatic rings. The Morgan fingerprint density at radius 2 is 1.58 bits per heavy atom. The van der Waals surface area contributed by atoms with Crippen LogP contribution in [0.3, 0.4) is 0 Å². The molecular weight excluding hydrogens is 882 g/mol. The lowest BCUT2D eigenvalue weighted by Gasteiger charge is -2.48. The van der Waals surface area contributed by atoms with Crippen LogP contribution in [-0.4, -0.2) is 179 Å². The number of anilines is 1. The molecule has 7 N–H and O–H groups in total. The van der Waals surface area contributed by atoms with Gasteiger partial charge in [0.25, 0.3) is 9.05 Å². The van der Waals surface area contributed by atoms with Gasteiger partial charge >= 0.3 is 12.0 Å². The molecular formula is C43H72ClN3O16S. The summed E-state index contributed by atoms with van der Waals surface area (Å²) in [4.78, 5) is 31.6. The van der Waals surface area contributed by atoms with Crippen LogP contribution in [0.1, 0.15) is 88.0 Å². The van der Waals surface area contributed by atoms with E-state index in [0.29, 0.717) is 6.42 Å². The quantitative estimate of drug-likeness (QED) is 0.138. The molecule has 3 aliphatic heterocycles. The van der Waals surface area contributed by atoms with Gasteiger partial charge in [-0.15, -0.1) is 0 Å². The third kappa shape index (κ3) is 12.4. The molecule has 0 aliphatic carbocycles. The zero-order valence-corrected chi connectivity index (χ0v) is 40.5. The fourth-order valence-corrected chi connectivity index (χ4v) is 10.2. The van der Waals surface area contributed by atoms with Crippen molar-refractivity contribution in [3.05, 3.63) is 24.3 Å². The number of aliphatic hydroxyl groups excluding tert-OH is 4. The van der Waals surface area contributed by atoms with E-state index in [-0.39, 0.29) is 42.5 Å². The number of methoxy groups -OCH3 is 1. The number of aliphatic hydroxyl groups is 6. The molecule has 3 saturated heterocycles. The van der Waals surface area contributed by atoms with Crippen molar-refractivity contribution in [3.63, 3.8) is 0 Å². The Bertz CT molecular complexity index is 1830. The average molecular weight is 955 g/mol. The first-order valence-corrected chi connectivity index (χ1v) is 24.1. The van der Waals surface area contributed by atoms with Gasteiger partial charge in [0.05, 0.1) is 40.8 Å². The molecule has 3 heterocycles. The number of cyclic esters (lactones) is 1. The largest absolute Gasteiger partial charge is 0.459 e. The molecule has 18 atom stereocenters. The zero-order valence-electron chi connectivity index (χ0n) is 39.0. The van der Waals surface area contributed by atoms with Crippen molar-refractivity contribution in [2.45, 2.75) is 183 Å². The van der Waals surface area contributed by atoms with E-state index in [1.807, 2.05) is 25.9 Å². The Morgan fingerprint density at radius 1 is 0.969 bits per heavy atom. The molecule has 0 spiro atoms. The summed E-state index contributed by atoms with van der Waals surface area (Å²) in [6.07, 6.45) is -12.7. The van der Waals surface area contributed by atoms with E-state index in [1.54, 1.807) is 27.7 Å². The summed E-state index contributed by atoms with van der Waals surface area (Å²) >= 11 is 0. The Labute approximate surface area is 381 Å². The minimum atomic E-state index is -4.06. The number of hydrogen-bond donors (Lipinski definition) is 7. The Hall–Kier alpha value is -2.28. The third-order valence-corrected chi connectivity index (χ3v) is 14.7. The van der Waals surface area contributed by atoms with Crippen molar-refractivity contribution in [3.8, 4) is 0 Å². The first kappa shape index (κ1) is 54.3. The topological polar surface area (TPSA) is 264 Å². The highest BCUT2D eigenvalue weighted by Gasteiger charge is 2.53. The number of nitrogens with one attached hydrogen (secondary N) is 1. The summed E-state index contributed by atoms with van der Waals surface area (Å²) < 4.78 is 60.5. The molecule has 2 amide bonds. The number of carbonyl (C=O) groups is 2. The maximum Gasteiger partial charge on any atom is 0.322 e. The summed E-state index contributed by atoms with van der Waals surface area (Å²) in [7, 11) is 6.42. The normalized spacial score (nSPS) is 42.3. The summed E-state index contributed by atoms with van der Waals surface area (Å²) in [5.41, 5.74) is -5.20. The lowest BCUT2D eigenvalue weighted by atomic mass is 9.77. The second-order valence-electron chi connectivity index (χ2n) is 19.0. The van der Waals surface area contributed by atoms with Crippen molar-refractivity contribution in [1.82, 2.24) is 9.80 Å². The van der Waals surface area contributed by atoms with Crippen molar-refractivity contribution in [2.75, 3.05) is 33.1 Å². The molecule has 0 aromatic heterocycles. The van der Waals surface area contributed by atoms with Crippen molar-refractivity contribution >= 4 is 37.4 Å². The van der Waals surface area contributed by atoms with Crippen LogP contribution < -0.4 is 5.32 Å². The van der Waals surface area contributed by atoms with E-state index >= 15 is 0 Å². The van der Waals surface area contributed by atoms with Gasteiger partial charge in [0.1, 0.15) is 35.6 Å². The van der Waals surface area contributed by atoms with E-state index in [4.69, 9.17) is 39.1 Å². The summed E-state index contributed by atoms with van der Waals surface area (Å²) in [6.45, 7) is 14.2. The number of ether oxygens (including phenoxy) is 6. The van der Waals surface area contributed by atoms with Crippen LogP contribution in [0.15, 0.2) is 29.2 Å². The summed E-state index contributed by atoms with van der Waals surface area (Å²) in [5, 5.41) is 72.7. The molecule has 368 valence electrons. The molecule has 21 heteroatoms. The Kier molecular flexibility index (Phi) is 18.1. The predicted octanol–water partition coefficient (Wildman–Crippen LogP) is 2.36. The fourth-order valence-electron chi connectivity index (χ4n) is 9.40. The number of carbonyl (C=O) groups excluding carboxylic acids is 2. The molecule has 0 saturated carbocycles. The number of rotatable bonds is 9. The highest BCUT2D eigenvalue weighted by molar-refractivity contribution is 8.13. The predicted molar refractivity (Wildman–Crippen MR) is 233 cm³/mol. The summed E-state index contributed by atoms with van der Waals surface area (Å²) in [5.74, 6) is -3.71. The minimum Gasteiger partial charge on any atom is -0.459 e. The third-order valence-electron chi connectivity index (χ3n) is 13.3. The molecule has 64 heavy (non-hydrogen) atoms. The van der Waals surface area contributed by atoms with Gasteiger partial charge in [-0.05, 0) is 105 Å². The van der Waals surface area contributed by atoms with E-state index in [2.05, 4.69) is 5.32 Å². The number of urea groups is 1. The van der Waals surface area contributed by atoms with Gasteiger partial charge in [0.2, 0.25) is 0 Å². The summed E-state index contributed by atoms with van der Waals surface area (Å²) in [6, 6.07) is 2.77. The number of esters is 1. The number of halogens is 1. The molecule has 19 nitrogen and oxygen atoms in total. The van der Waals surface area contributed by atoms with Gasteiger partial charge in [-0.1, -0.05) is 20.8 Å². The lowest BCUT2D eigenvalue weighted by molar-refractivity contribution is -0.348. The van der Waals surface area contributed by atoms with Gasteiger partial charge in [-0.2, -0.15) is 0 Å². The van der Waals surface area contributed by atoms with Crippen LogP contribution in [-0.2, 0) is 42.3 Å². The highest BCUT2D eigenvalue weighted by atomic mass is 35.7. The van der Waals surface area contributed by atoms with Crippen LogP contribution >= 0.6 is 10.7 Å². The van der Waals surface area contributed by atoms with Crippen molar-refractivity contribution in [1.29, 1.82) is 0 Å². The second-order valence-corrected chi connectivity index (χ2v) is 21.5. The zero-order chi connectivity index (χ0) is 48.4. The van der Waals surface area contributed by atoms with Crippen molar-refractivity contribution < 1.29 is 77.1 Å². The SMILES string of the molecule is CC[C@H]1OC(=O)[C@H](C)[C@@H](O[C@H]2C[C@](C)(OC)[C@H](O)[C@@H](O)O2)[C@H](C)[C@@H](O[C@@H]2O[C@H](C)C[C@@H](N(C)C)[C@H]2O)[C@@](C)(O)C[C@@H](C)CN(C(=O)Nc2ccc(S(=O)(=O)Cl)cc2)[C@H](C)[C@@H](O)[C@]1(C)O. The Balaban J connectivity index is 1.86. The standard InChI is InChI=1S/C43H72ClN3O16S/c1-13-30-43(9,55)34(49)26(6)47(40(53)45-27-14-16-28(17-15-27)64(44,56)57)21-22(2)19-41(7,54)36(63-39-32(48)29(46(10)11)18-23(3)59-39)24(4)33(25(5)37(51)60-30)61-31-20-42(8,58-12)35(50)38(52)62-31/h14-17,22-26,29-36,38-39,48-50,52,54-55H,13,18-21H2,1-12H3,(H,45,53)/t22-,23-,24+,25-,26-,29-,30-,31-,32-,33+,34-,35-,36-,38+,39+,41+,42+,43-/m1/s1. The molecule has 4 rings (SSSR count). The number of benzene rings is 1. The van der Waals surface area contributed by atoms with Crippen LogP contribution in [0.2, 0.25) is 0 Å². The van der Waals surface area contributed by atoms with Crippen molar-refractivity contribution in [2.24, 2.45) is 17.8 Å². The number of nitrogens with zero attached hydrogens (tertiary/aromatic N) is 2. The smallest absolute Gasteiger partial charge is 0.322 e. The van der Waals surface area contributed by atoms with Crippen LogP contribution in [0, 0.1) is 17.8 Å². The van der Waals surface area contributed by atoms with Gasteiger partial charge < -0.3 is 74.2 Å². The number of likely N-dealkylation sites (N-methyl/N-ethyl adjacent to an activating group) is 1. The lowest BCUT2D eigenvalue weighted by Crippen LogP contribution is -2.61. The number of hydrogen-bond acceptors (Lipinski definition) is 17. The Morgan fingerprint density at radius 3 is 2.12 bits per heavy atom. The molecule has 3 aliphatic rings. The van der Waals surface area contributed by atoms with Gasteiger partial charge in [-0.3, -0.25) is 4.79 Å². The average Bonchev–Trinajstić information content (AvgIpc) is 3.20. The first-order chi connectivity index (χ1) is 29.5. The fraction of sp³-hybridized carbons (Fsp3) is 0.814. The molecule has 0 radical (unpaired) electrons. The van der Waals surface area contributed by atoms with Crippen LogP contribution in [0.4, 0.5) is 10.5 Å². The minimum absolute atomic E-state index is 0.0132. The van der Waals surface area contributed by atoms with Gasteiger partial charge in [0.15, 0.2) is 18.9 Å². The van der Waals surface area contributed by atoms with E-state index in [9.17, 15) is 48.6 Å².